The lowest BCUT2D eigenvalue weighted by atomic mass is 10.0. The van der Waals surface area contributed by atoms with Crippen LogP contribution in [0.2, 0.25) is 10.0 Å². The molecule has 0 spiro atoms. The number of halogens is 2. The average molecular weight is 483 g/mol. The van der Waals surface area contributed by atoms with Crippen molar-refractivity contribution in [2.75, 3.05) is 19.6 Å². The molecule has 0 atom stereocenters. The maximum atomic E-state index is 12.7. The third-order valence-electron chi connectivity index (χ3n) is 5.58. The molecule has 0 unspecified atom stereocenters. The summed E-state index contributed by atoms with van der Waals surface area (Å²) in [6.07, 6.45) is 3.06. The summed E-state index contributed by atoms with van der Waals surface area (Å²) in [5.41, 5.74) is 2.82. The molecule has 2 amide bonds. The van der Waals surface area contributed by atoms with Crippen molar-refractivity contribution in [3.05, 3.63) is 40.1 Å². The predicted octanol–water partition coefficient (Wildman–Crippen LogP) is 2.53. The minimum Gasteiger partial charge on any atom is -0.344 e. The first-order valence-corrected chi connectivity index (χ1v) is 10.7. The minimum atomic E-state index is -0.459. The normalized spacial score (nSPS) is 13.8. The van der Waals surface area contributed by atoms with Gasteiger partial charge in [-0.1, -0.05) is 23.2 Å². The molecular weight excluding hydrogens is 467 g/mol. The maximum Gasteiger partial charge on any atom is 0.255 e. The number of benzene rings is 1. The van der Waals surface area contributed by atoms with Gasteiger partial charge in [-0.15, -0.1) is 0 Å². The predicted molar refractivity (Wildman–Crippen MR) is 122 cm³/mol. The molecule has 1 aromatic carbocycles. The number of aromatic amines is 1. The maximum absolute atomic E-state index is 12.7. The largest absolute Gasteiger partial charge is 0.344 e. The van der Waals surface area contributed by atoms with E-state index in [1.54, 1.807) is 30.1 Å². The molecular formula is C21H16Cl2N8O2. The van der Waals surface area contributed by atoms with Crippen molar-refractivity contribution in [3.8, 4) is 17.5 Å². The van der Waals surface area contributed by atoms with Gasteiger partial charge < -0.3 is 15.2 Å². The molecule has 0 bridgehead atoms. The molecule has 5 rings (SSSR count). The van der Waals surface area contributed by atoms with Gasteiger partial charge in [0.15, 0.2) is 5.65 Å². The highest BCUT2D eigenvalue weighted by molar-refractivity contribution is 6.42. The summed E-state index contributed by atoms with van der Waals surface area (Å²) >= 11 is 12.3. The second-order valence-corrected chi connectivity index (χ2v) is 8.53. The van der Waals surface area contributed by atoms with E-state index in [9.17, 15) is 9.59 Å². The van der Waals surface area contributed by atoms with Gasteiger partial charge in [-0.05, 0) is 12.1 Å². The van der Waals surface area contributed by atoms with Gasteiger partial charge in [0, 0.05) is 31.7 Å². The third-order valence-corrected chi connectivity index (χ3v) is 6.30. The number of carbonyl (C=O) groups is 2. The fourth-order valence-corrected chi connectivity index (χ4v) is 4.07. The zero-order chi connectivity index (χ0) is 23.3. The van der Waals surface area contributed by atoms with Crippen molar-refractivity contribution in [1.82, 2.24) is 34.9 Å². The summed E-state index contributed by atoms with van der Waals surface area (Å²) in [7, 11) is 1.78. The van der Waals surface area contributed by atoms with E-state index in [2.05, 4.69) is 31.4 Å². The van der Waals surface area contributed by atoms with Gasteiger partial charge in [-0.2, -0.15) is 10.4 Å². The minimum absolute atomic E-state index is 0.138. The fourth-order valence-electron chi connectivity index (χ4n) is 3.75. The molecule has 2 N–H and O–H groups in total. The van der Waals surface area contributed by atoms with Crippen molar-refractivity contribution in [2.45, 2.75) is 0 Å². The molecule has 10 nitrogen and oxygen atoms in total. The first-order chi connectivity index (χ1) is 15.9. The number of aryl methyl sites for hydroxylation is 1. The number of aromatic nitrogens is 5. The second-order valence-electron chi connectivity index (χ2n) is 7.72. The Morgan fingerprint density at radius 1 is 1.30 bits per heavy atom. The molecule has 0 saturated carbocycles. The first kappa shape index (κ1) is 21.2. The van der Waals surface area contributed by atoms with Crippen LogP contribution < -0.4 is 5.32 Å². The zero-order valence-electron chi connectivity index (χ0n) is 17.3. The first-order valence-electron chi connectivity index (χ1n) is 9.97. The van der Waals surface area contributed by atoms with Crippen molar-refractivity contribution in [2.24, 2.45) is 13.0 Å². The van der Waals surface area contributed by atoms with E-state index in [1.807, 2.05) is 0 Å². The lowest BCUT2D eigenvalue weighted by Crippen LogP contribution is -2.52. The monoisotopic (exact) mass is 482 g/mol. The number of nitrogens with one attached hydrogen (secondary N) is 2. The quantitative estimate of drug-likeness (QED) is 0.459. The summed E-state index contributed by atoms with van der Waals surface area (Å²) in [4.78, 5) is 38.4. The Hall–Kier alpha value is -3.68. The number of nitrogens with zero attached hydrogens (tertiary/aromatic N) is 6. The highest BCUT2D eigenvalue weighted by Gasteiger charge is 2.30. The van der Waals surface area contributed by atoms with Crippen LogP contribution in [0, 0.1) is 17.2 Å². The lowest BCUT2D eigenvalue weighted by Gasteiger charge is -2.35. The summed E-state index contributed by atoms with van der Waals surface area (Å²) in [5.74, 6) is -0.836. The molecule has 1 fully saturated rings. The molecule has 166 valence electrons. The van der Waals surface area contributed by atoms with Crippen LogP contribution in [0.25, 0.3) is 33.5 Å². The van der Waals surface area contributed by atoms with Crippen LogP contribution in [-0.4, -0.2) is 61.1 Å². The SMILES string of the molecule is Cn1nc(-c2cnc3[nH]cc(C(=O)NCC(=O)N4CC(C#N)C4)c3n2)c2cc(Cl)c(Cl)cc21. The number of amides is 2. The number of carbonyl (C=O) groups excluding carboxylic acids is 2. The number of nitriles is 1. The van der Waals surface area contributed by atoms with E-state index in [4.69, 9.17) is 28.5 Å². The van der Waals surface area contributed by atoms with E-state index in [0.717, 1.165) is 10.9 Å². The second kappa shape index (κ2) is 8.03. The summed E-state index contributed by atoms with van der Waals surface area (Å²) in [6.45, 7) is 0.613. The van der Waals surface area contributed by atoms with Crippen LogP contribution in [0.5, 0.6) is 0 Å². The van der Waals surface area contributed by atoms with Crippen molar-refractivity contribution in [3.63, 3.8) is 0 Å². The Bertz CT molecular complexity index is 1480. The highest BCUT2D eigenvalue weighted by Crippen LogP contribution is 2.33. The average Bonchev–Trinajstić information content (AvgIpc) is 3.32. The van der Waals surface area contributed by atoms with Gasteiger partial charge in [0.1, 0.15) is 16.9 Å². The molecule has 1 aliphatic heterocycles. The number of rotatable bonds is 4. The number of likely N-dealkylation sites (tertiary alicyclic amines) is 1. The van der Waals surface area contributed by atoms with Crippen molar-refractivity contribution < 1.29 is 9.59 Å². The molecule has 4 aromatic rings. The number of hydrogen-bond donors (Lipinski definition) is 2. The lowest BCUT2D eigenvalue weighted by molar-refractivity contribution is -0.135. The summed E-state index contributed by atoms with van der Waals surface area (Å²) in [5, 5.41) is 17.5. The number of hydrogen-bond acceptors (Lipinski definition) is 6. The fraction of sp³-hybridized carbons (Fsp3) is 0.238. The summed E-state index contributed by atoms with van der Waals surface area (Å²) < 4.78 is 1.67. The zero-order valence-corrected chi connectivity index (χ0v) is 18.8. The van der Waals surface area contributed by atoms with Gasteiger partial charge in [-0.3, -0.25) is 14.3 Å². The molecule has 4 heterocycles. The molecule has 1 aliphatic rings. The Labute approximate surface area is 197 Å². The van der Waals surface area contributed by atoms with Crippen molar-refractivity contribution in [1.29, 1.82) is 5.26 Å². The Morgan fingerprint density at radius 2 is 2.06 bits per heavy atom. The van der Waals surface area contributed by atoms with E-state index < -0.39 is 5.91 Å². The van der Waals surface area contributed by atoms with E-state index in [1.165, 1.54) is 11.1 Å². The highest BCUT2D eigenvalue weighted by atomic mass is 35.5. The van der Waals surface area contributed by atoms with Gasteiger partial charge in [0.25, 0.3) is 5.91 Å². The molecule has 33 heavy (non-hydrogen) atoms. The van der Waals surface area contributed by atoms with Crippen LogP contribution >= 0.6 is 23.2 Å². The molecule has 1 saturated heterocycles. The number of fused-ring (bicyclic) bond motifs is 2. The Kier molecular flexibility index (Phi) is 5.15. The van der Waals surface area contributed by atoms with Gasteiger partial charge >= 0.3 is 0 Å². The van der Waals surface area contributed by atoms with Crippen LogP contribution in [0.3, 0.4) is 0 Å². The third kappa shape index (κ3) is 3.65. The Morgan fingerprint density at radius 3 is 2.82 bits per heavy atom. The van der Waals surface area contributed by atoms with Crippen LogP contribution in [0.1, 0.15) is 10.4 Å². The van der Waals surface area contributed by atoms with Crippen LogP contribution in [0.15, 0.2) is 24.5 Å². The van der Waals surface area contributed by atoms with Crippen LogP contribution in [0.4, 0.5) is 0 Å². The summed E-state index contributed by atoms with van der Waals surface area (Å²) in [6, 6.07) is 5.56. The van der Waals surface area contributed by atoms with E-state index in [0.29, 0.717) is 45.7 Å². The number of H-pyrrole nitrogens is 1. The van der Waals surface area contributed by atoms with E-state index in [-0.39, 0.29) is 23.9 Å². The topological polar surface area (TPSA) is 133 Å². The standard InChI is InChI=1S/C21H16Cl2N8O2/c1-30-16-3-14(23)13(22)2-11(16)18(29-30)15-6-26-20-19(28-15)12(5-25-20)21(33)27-7-17(32)31-8-10(4-24)9-31/h2-3,5-6,10H,7-9H2,1H3,(H,25,26)(H,27,33). The molecule has 12 heteroatoms. The smallest absolute Gasteiger partial charge is 0.255 e. The van der Waals surface area contributed by atoms with Crippen LogP contribution in [-0.2, 0) is 11.8 Å². The van der Waals surface area contributed by atoms with Crippen molar-refractivity contribution >= 4 is 57.1 Å². The Balaban J connectivity index is 1.42. The van der Waals surface area contributed by atoms with E-state index >= 15 is 0 Å². The molecule has 0 aliphatic carbocycles. The van der Waals surface area contributed by atoms with Gasteiger partial charge in [0.05, 0.1) is 45.9 Å². The molecule has 0 radical (unpaired) electrons. The molecule has 3 aromatic heterocycles. The van der Waals surface area contributed by atoms with Gasteiger partial charge in [-0.25, -0.2) is 9.97 Å². The van der Waals surface area contributed by atoms with Gasteiger partial charge in [0.2, 0.25) is 5.91 Å².